The fraction of sp³-hybridized carbons (Fsp3) is 0.238. The number of carbonyl (C=O) groups is 2. The highest BCUT2D eigenvalue weighted by atomic mass is 35.5. The van der Waals surface area contributed by atoms with Crippen molar-refractivity contribution < 1.29 is 14.3 Å². The number of benzene rings is 2. The maximum Gasteiger partial charge on any atom is 0.331 e. The predicted octanol–water partition coefficient (Wildman–Crippen LogP) is 4.33. The normalized spacial score (nSPS) is 14.0. The number of nitrogens with zero attached hydrogens (tertiary/aromatic N) is 1. The molecule has 1 aliphatic heterocycles. The van der Waals surface area contributed by atoms with Crippen LogP contribution < -0.4 is 0 Å². The number of likely N-dealkylation sites (tertiary alicyclic amines) is 1. The van der Waals surface area contributed by atoms with E-state index in [0.29, 0.717) is 10.6 Å². The van der Waals surface area contributed by atoms with Gasteiger partial charge in [-0.3, -0.25) is 4.79 Å². The molecule has 0 N–H and O–H groups in total. The van der Waals surface area contributed by atoms with Gasteiger partial charge in [-0.15, -0.1) is 0 Å². The van der Waals surface area contributed by atoms with E-state index >= 15 is 0 Å². The molecule has 2 aromatic rings. The van der Waals surface area contributed by atoms with Crippen LogP contribution in [-0.4, -0.2) is 29.9 Å². The number of esters is 1. The number of hydrogen-bond donors (Lipinski definition) is 0. The molecule has 5 heteroatoms. The lowest BCUT2D eigenvalue weighted by atomic mass is 10.1. The summed E-state index contributed by atoms with van der Waals surface area (Å²) in [4.78, 5) is 26.0. The fourth-order valence-electron chi connectivity index (χ4n) is 2.79. The van der Waals surface area contributed by atoms with Crippen LogP contribution in [0.4, 0.5) is 0 Å². The Morgan fingerprint density at radius 3 is 2.31 bits per heavy atom. The minimum atomic E-state index is -0.419. The molecule has 0 saturated carbocycles. The summed E-state index contributed by atoms with van der Waals surface area (Å²) in [6, 6.07) is 14.4. The maximum atomic E-state index is 12.3. The van der Waals surface area contributed by atoms with Gasteiger partial charge in [0, 0.05) is 29.8 Å². The molecule has 0 aromatic heterocycles. The number of carbonyl (C=O) groups excluding carboxylic acids is 2. The molecule has 26 heavy (non-hydrogen) atoms. The molecule has 0 radical (unpaired) electrons. The smallest absolute Gasteiger partial charge is 0.331 e. The molecule has 3 rings (SSSR count). The maximum absolute atomic E-state index is 12.3. The number of ether oxygens (including phenoxy) is 1. The molecule has 4 nitrogen and oxygen atoms in total. The first-order valence-electron chi connectivity index (χ1n) is 8.60. The number of rotatable bonds is 5. The van der Waals surface area contributed by atoms with E-state index in [4.69, 9.17) is 16.3 Å². The van der Waals surface area contributed by atoms with E-state index < -0.39 is 5.97 Å². The number of halogens is 1. The molecular weight excluding hydrogens is 350 g/mol. The number of hydrogen-bond acceptors (Lipinski definition) is 3. The molecule has 1 fully saturated rings. The lowest BCUT2D eigenvalue weighted by Crippen LogP contribution is -2.27. The molecule has 0 unspecified atom stereocenters. The second-order valence-corrected chi connectivity index (χ2v) is 6.63. The van der Waals surface area contributed by atoms with Crippen molar-refractivity contribution in [1.29, 1.82) is 0 Å². The summed E-state index contributed by atoms with van der Waals surface area (Å²) >= 11 is 5.82. The largest absolute Gasteiger partial charge is 0.458 e. The van der Waals surface area contributed by atoms with Gasteiger partial charge < -0.3 is 9.64 Å². The van der Waals surface area contributed by atoms with E-state index in [1.165, 1.54) is 6.08 Å². The van der Waals surface area contributed by atoms with Crippen molar-refractivity contribution in [3.8, 4) is 0 Å². The minimum Gasteiger partial charge on any atom is -0.458 e. The van der Waals surface area contributed by atoms with Gasteiger partial charge >= 0.3 is 5.97 Å². The van der Waals surface area contributed by atoms with Gasteiger partial charge in [0.1, 0.15) is 6.61 Å². The minimum absolute atomic E-state index is 0.0666. The molecule has 134 valence electrons. The van der Waals surface area contributed by atoms with E-state index in [-0.39, 0.29) is 12.5 Å². The Balaban J connectivity index is 1.50. The van der Waals surface area contributed by atoms with Gasteiger partial charge in [-0.25, -0.2) is 4.79 Å². The molecule has 2 aromatic carbocycles. The highest BCUT2D eigenvalue weighted by Gasteiger charge is 2.19. The zero-order valence-corrected chi connectivity index (χ0v) is 15.1. The molecule has 0 aliphatic carbocycles. The van der Waals surface area contributed by atoms with Gasteiger partial charge in [0.15, 0.2) is 0 Å². The lowest BCUT2D eigenvalue weighted by Gasteiger charge is -2.15. The first-order chi connectivity index (χ1) is 12.6. The Labute approximate surface area is 158 Å². The van der Waals surface area contributed by atoms with Crippen LogP contribution in [0, 0.1) is 0 Å². The van der Waals surface area contributed by atoms with Crippen LogP contribution in [0.3, 0.4) is 0 Å². The van der Waals surface area contributed by atoms with Gasteiger partial charge in [-0.2, -0.15) is 0 Å². The van der Waals surface area contributed by atoms with Crippen molar-refractivity contribution in [2.45, 2.75) is 19.4 Å². The van der Waals surface area contributed by atoms with Crippen molar-refractivity contribution in [2.75, 3.05) is 13.1 Å². The first-order valence-corrected chi connectivity index (χ1v) is 8.98. The zero-order valence-electron chi connectivity index (χ0n) is 14.4. The number of amides is 1. The van der Waals surface area contributed by atoms with Crippen molar-refractivity contribution in [2.24, 2.45) is 0 Å². The van der Waals surface area contributed by atoms with Crippen LogP contribution in [-0.2, 0) is 16.1 Å². The topological polar surface area (TPSA) is 46.6 Å². The van der Waals surface area contributed by atoms with Crippen molar-refractivity contribution >= 4 is 29.6 Å². The average molecular weight is 370 g/mol. The molecule has 0 bridgehead atoms. The lowest BCUT2D eigenvalue weighted by molar-refractivity contribution is -0.138. The molecule has 0 spiro atoms. The van der Waals surface area contributed by atoms with E-state index in [2.05, 4.69) is 0 Å². The SMILES string of the molecule is O=C(/C=C/c1ccc(Cl)cc1)OCc1ccc(C(=O)N2CCCC2)cc1. The summed E-state index contributed by atoms with van der Waals surface area (Å²) in [7, 11) is 0. The second kappa shape index (κ2) is 8.68. The standard InChI is InChI=1S/C21H20ClNO3/c22-19-10-5-16(6-11-19)7-12-20(24)26-15-17-3-8-18(9-4-17)21(25)23-13-1-2-14-23/h3-12H,1-2,13-15H2/b12-7+. The molecule has 1 aliphatic rings. The van der Waals surface area contributed by atoms with Crippen LogP contribution in [0.25, 0.3) is 6.08 Å². The van der Waals surface area contributed by atoms with E-state index in [1.54, 1.807) is 30.3 Å². The zero-order chi connectivity index (χ0) is 18.4. The van der Waals surface area contributed by atoms with Gasteiger partial charge in [0.05, 0.1) is 0 Å². The quantitative estimate of drug-likeness (QED) is 0.582. The van der Waals surface area contributed by atoms with Gasteiger partial charge in [0.2, 0.25) is 0 Å². The third-order valence-electron chi connectivity index (χ3n) is 4.26. The Kier molecular flexibility index (Phi) is 6.08. The molecule has 1 saturated heterocycles. The summed E-state index contributed by atoms with van der Waals surface area (Å²) in [5.41, 5.74) is 2.39. The second-order valence-electron chi connectivity index (χ2n) is 6.19. The molecule has 1 heterocycles. The van der Waals surface area contributed by atoms with E-state index in [0.717, 1.165) is 37.1 Å². The van der Waals surface area contributed by atoms with Crippen LogP contribution in [0.2, 0.25) is 5.02 Å². The third kappa shape index (κ3) is 4.96. The third-order valence-corrected chi connectivity index (χ3v) is 4.51. The Hall–Kier alpha value is -2.59. The summed E-state index contributed by atoms with van der Waals surface area (Å²) in [6.45, 7) is 1.83. The first kappa shape index (κ1) is 18.2. The highest BCUT2D eigenvalue weighted by Crippen LogP contribution is 2.14. The van der Waals surface area contributed by atoms with Crippen molar-refractivity contribution in [1.82, 2.24) is 4.90 Å². The Morgan fingerprint density at radius 2 is 1.65 bits per heavy atom. The molecule has 0 atom stereocenters. The van der Waals surface area contributed by atoms with Gasteiger partial charge in [-0.05, 0) is 54.3 Å². The molecule has 1 amide bonds. The highest BCUT2D eigenvalue weighted by molar-refractivity contribution is 6.30. The monoisotopic (exact) mass is 369 g/mol. The Morgan fingerprint density at radius 1 is 1.00 bits per heavy atom. The fourth-order valence-corrected chi connectivity index (χ4v) is 2.91. The summed E-state index contributed by atoms with van der Waals surface area (Å²) < 4.78 is 5.23. The van der Waals surface area contributed by atoms with Crippen molar-refractivity contribution in [3.05, 3.63) is 76.3 Å². The summed E-state index contributed by atoms with van der Waals surface area (Å²) in [5.74, 6) is -0.353. The van der Waals surface area contributed by atoms with Gasteiger partial charge in [0.25, 0.3) is 5.91 Å². The predicted molar refractivity (Wildman–Crippen MR) is 102 cm³/mol. The van der Waals surface area contributed by atoms with Crippen LogP contribution >= 0.6 is 11.6 Å². The van der Waals surface area contributed by atoms with Crippen molar-refractivity contribution in [3.63, 3.8) is 0 Å². The van der Waals surface area contributed by atoms with Crippen LogP contribution in [0.5, 0.6) is 0 Å². The van der Waals surface area contributed by atoms with E-state index in [1.807, 2.05) is 29.2 Å². The van der Waals surface area contributed by atoms with Crippen LogP contribution in [0.15, 0.2) is 54.6 Å². The molecular formula is C21H20ClNO3. The van der Waals surface area contributed by atoms with Gasteiger partial charge in [-0.1, -0.05) is 35.9 Å². The van der Waals surface area contributed by atoms with Crippen LogP contribution in [0.1, 0.15) is 34.3 Å². The summed E-state index contributed by atoms with van der Waals surface area (Å²) in [5, 5.41) is 0.649. The van der Waals surface area contributed by atoms with E-state index in [9.17, 15) is 9.59 Å². The summed E-state index contributed by atoms with van der Waals surface area (Å²) in [6.07, 6.45) is 5.21. The Bertz CT molecular complexity index is 791. The average Bonchev–Trinajstić information content (AvgIpc) is 3.20.